The second-order valence-electron chi connectivity index (χ2n) is 4.86. The van der Waals surface area contributed by atoms with Crippen LogP contribution in [0.3, 0.4) is 0 Å². The summed E-state index contributed by atoms with van der Waals surface area (Å²) in [6, 6.07) is 2.04. The third-order valence-corrected chi connectivity index (χ3v) is 3.82. The standard InChI is InChI=1S/C12H14BrN5O/c13-10-3-9(4-14-5-10)7-18-2-1-12(19,8-18)11-6-15-17-16-11/h3-6,19H,1-2,7-8H2,(H,15,16,17)/t12-/m0/s1. The minimum Gasteiger partial charge on any atom is -0.382 e. The molecule has 0 aliphatic carbocycles. The summed E-state index contributed by atoms with van der Waals surface area (Å²) in [5.41, 5.74) is 0.841. The van der Waals surface area contributed by atoms with Crippen LogP contribution < -0.4 is 0 Å². The predicted molar refractivity (Wildman–Crippen MR) is 72.1 cm³/mol. The Bertz CT molecular complexity index is 561. The van der Waals surface area contributed by atoms with Crippen LogP contribution in [0.4, 0.5) is 0 Å². The van der Waals surface area contributed by atoms with E-state index in [1.165, 1.54) is 0 Å². The number of H-pyrrole nitrogens is 1. The highest BCUT2D eigenvalue weighted by molar-refractivity contribution is 9.10. The minimum atomic E-state index is -0.896. The molecule has 0 bridgehead atoms. The number of aromatic amines is 1. The lowest BCUT2D eigenvalue weighted by molar-refractivity contribution is 0.0408. The number of nitrogens with zero attached hydrogens (tertiary/aromatic N) is 4. The van der Waals surface area contributed by atoms with Gasteiger partial charge in [-0.3, -0.25) is 9.88 Å². The maximum atomic E-state index is 10.6. The van der Waals surface area contributed by atoms with Crippen LogP contribution in [0.2, 0.25) is 0 Å². The van der Waals surface area contributed by atoms with Gasteiger partial charge >= 0.3 is 0 Å². The van der Waals surface area contributed by atoms with Crippen LogP contribution in [-0.4, -0.2) is 43.5 Å². The Balaban J connectivity index is 1.69. The first-order chi connectivity index (χ1) is 9.16. The summed E-state index contributed by atoms with van der Waals surface area (Å²) in [5, 5.41) is 20.9. The van der Waals surface area contributed by atoms with E-state index in [1.807, 2.05) is 12.3 Å². The van der Waals surface area contributed by atoms with Crippen molar-refractivity contribution >= 4 is 15.9 Å². The summed E-state index contributed by atoms with van der Waals surface area (Å²) < 4.78 is 0.968. The molecule has 19 heavy (non-hydrogen) atoms. The molecule has 2 N–H and O–H groups in total. The first-order valence-electron chi connectivity index (χ1n) is 6.06. The van der Waals surface area contributed by atoms with Crippen LogP contribution in [0.5, 0.6) is 0 Å². The minimum absolute atomic E-state index is 0.562. The Morgan fingerprint density at radius 2 is 2.32 bits per heavy atom. The molecule has 7 heteroatoms. The van der Waals surface area contributed by atoms with Gasteiger partial charge in [-0.2, -0.15) is 15.4 Å². The Morgan fingerprint density at radius 1 is 1.42 bits per heavy atom. The van der Waals surface area contributed by atoms with Crippen molar-refractivity contribution in [2.45, 2.75) is 18.6 Å². The molecule has 6 nitrogen and oxygen atoms in total. The average Bonchev–Trinajstić information content (AvgIpc) is 3.00. The van der Waals surface area contributed by atoms with Crippen molar-refractivity contribution in [2.75, 3.05) is 13.1 Å². The van der Waals surface area contributed by atoms with E-state index in [-0.39, 0.29) is 0 Å². The quantitative estimate of drug-likeness (QED) is 0.883. The first-order valence-corrected chi connectivity index (χ1v) is 6.85. The van der Waals surface area contributed by atoms with Crippen LogP contribution in [-0.2, 0) is 12.1 Å². The molecule has 2 aromatic rings. The fraction of sp³-hybridized carbons (Fsp3) is 0.417. The molecule has 1 aliphatic rings. The van der Waals surface area contributed by atoms with Gasteiger partial charge in [-0.05, 0) is 34.0 Å². The molecule has 0 amide bonds. The number of hydrogen-bond acceptors (Lipinski definition) is 5. The first kappa shape index (κ1) is 12.7. The van der Waals surface area contributed by atoms with Crippen LogP contribution >= 0.6 is 15.9 Å². The summed E-state index contributed by atoms with van der Waals surface area (Å²) in [7, 11) is 0. The zero-order chi connectivity index (χ0) is 13.3. The molecular weight excluding hydrogens is 310 g/mol. The summed E-state index contributed by atoms with van der Waals surface area (Å²) in [4.78, 5) is 6.34. The molecule has 1 fully saturated rings. The average molecular weight is 324 g/mol. The van der Waals surface area contributed by atoms with Gasteiger partial charge < -0.3 is 5.11 Å². The number of likely N-dealkylation sites (tertiary alicyclic amines) is 1. The fourth-order valence-electron chi connectivity index (χ4n) is 2.44. The van der Waals surface area contributed by atoms with E-state index in [0.29, 0.717) is 18.7 Å². The molecule has 3 heterocycles. The number of nitrogens with one attached hydrogen (secondary N) is 1. The molecule has 1 saturated heterocycles. The smallest absolute Gasteiger partial charge is 0.124 e. The van der Waals surface area contributed by atoms with E-state index in [4.69, 9.17) is 0 Å². The van der Waals surface area contributed by atoms with Gasteiger partial charge in [-0.1, -0.05) is 0 Å². The van der Waals surface area contributed by atoms with Gasteiger partial charge in [0, 0.05) is 36.5 Å². The maximum Gasteiger partial charge on any atom is 0.124 e. The number of pyridine rings is 1. The third kappa shape index (κ3) is 2.68. The largest absolute Gasteiger partial charge is 0.382 e. The fourth-order valence-corrected chi connectivity index (χ4v) is 2.85. The summed E-state index contributed by atoms with van der Waals surface area (Å²) >= 11 is 3.41. The molecule has 0 aromatic carbocycles. The van der Waals surface area contributed by atoms with Gasteiger partial charge in [0.1, 0.15) is 11.3 Å². The zero-order valence-corrected chi connectivity index (χ0v) is 11.8. The van der Waals surface area contributed by atoms with E-state index in [1.54, 1.807) is 12.4 Å². The highest BCUT2D eigenvalue weighted by atomic mass is 79.9. The monoisotopic (exact) mass is 323 g/mol. The lowest BCUT2D eigenvalue weighted by Crippen LogP contribution is -2.31. The van der Waals surface area contributed by atoms with Crippen molar-refractivity contribution in [2.24, 2.45) is 0 Å². The number of rotatable bonds is 3. The Morgan fingerprint density at radius 3 is 3.05 bits per heavy atom. The molecule has 1 atom stereocenters. The molecule has 100 valence electrons. The van der Waals surface area contributed by atoms with Crippen LogP contribution in [0, 0.1) is 0 Å². The van der Waals surface area contributed by atoms with Crippen LogP contribution in [0.25, 0.3) is 0 Å². The molecule has 2 aromatic heterocycles. The number of β-amino-alcohol motifs (C(OH)–C–C–N with tert-alkyl or cyclic N) is 1. The molecule has 0 saturated carbocycles. The summed E-state index contributed by atoms with van der Waals surface area (Å²) in [5.74, 6) is 0. The highest BCUT2D eigenvalue weighted by Gasteiger charge is 2.39. The molecular formula is C12H14BrN5O. The van der Waals surface area contributed by atoms with Crippen LogP contribution in [0.15, 0.2) is 29.1 Å². The van der Waals surface area contributed by atoms with Crippen molar-refractivity contribution < 1.29 is 5.11 Å². The lowest BCUT2D eigenvalue weighted by atomic mass is 10.00. The van der Waals surface area contributed by atoms with E-state index in [0.717, 1.165) is 23.1 Å². The van der Waals surface area contributed by atoms with Gasteiger partial charge in [-0.25, -0.2) is 0 Å². The van der Waals surface area contributed by atoms with Crippen LogP contribution in [0.1, 0.15) is 17.7 Å². The number of hydrogen-bond donors (Lipinski definition) is 2. The second kappa shape index (κ2) is 4.99. The van der Waals surface area contributed by atoms with Crippen molar-refractivity contribution in [1.29, 1.82) is 0 Å². The normalized spacial score (nSPS) is 23.9. The number of aromatic nitrogens is 4. The van der Waals surface area contributed by atoms with Gasteiger partial charge in [0.05, 0.1) is 6.20 Å². The summed E-state index contributed by atoms with van der Waals surface area (Å²) in [6.07, 6.45) is 5.86. The van der Waals surface area contributed by atoms with E-state index < -0.39 is 5.60 Å². The van der Waals surface area contributed by atoms with Crippen molar-refractivity contribution in [3.05, 3.63) is 40.4 Å². The van der Waals surface area contributed by atoms with E-state index in [2.05, 4.69) is 41.2 Å². The summed E-state index contributed by atoms with van der Waals surface area (Å²) in [6.45, 7) is 2.16. The number of aliphatic hydroxyl groups is 1. The Kier molecular flexibility index (Phi) is 3.34. The van der Waals surface area contributed by atoms with E-state index in [9.17, 15) is 5.11 Å². The van der Waals surface area contributed by atoms with Gasteiger partial charge in [0.2, 0.25) is 0 Å². The Labute approximate surface area is 119 Å². The zero-order valence-electron chi connectivity index (χ0n) is 10.3. The third-order valence-electron chi connectivity index (χ3n) is 3.39. The molecule has 1 aliphatic heterocycles. The molecule has 0 spiro atoms. The Hall–Kier alpha value is -1.31. The van der Waals surface area contributed by atoms with Gasteiger partial charge in [-0.15, -0.1) is 0 Å². The van der Waals surface area contributed by atoms with E-state index >= 15 is 0 Å². The van der Waals surface area contributed by atoms with Crippen molar-refractivity contribution in [3.8, 4) is 0 Å². The SMILES string of the molecule is O[C@@]1(c2cn[nH]n2)CCN(Cc2cncc(Br)c2)C1. The second-order valence-corrected chi connectivity index (χ2v) is 5.77. The van der Waals surface area contributed by atoms with Gasteiger partial charge in [0.25, 0.3) is 0 Å². The highest BCUT2D eigenvalue weighted by Crippen LogP contribution is 2.30. The molecule has 3 rings (SSSR count). The molecule has 0 unspecified atom stereocenters. The van der Waals surface area contributed by atoms with Gasteiger partial charge in [0.15, 0.2) is 0 Å². The topological polar surface area (TPSA) is 77.9 Å². The number of halogens is 1. The maximum absolute atomic E-state index is 10.6. The lowest BCUT2D eigenvalue weighted by Gasteiger charge is -2.21. The van der Waals surface area contributed by atoms with Crippen molar-refractivity contribution in [1.82, 2.24) is 25.3 Å². The van der Waals surface area contributed by atoms with Crippen molar-refractivity contribution in [3.63, 3.8) is 0 Å². The predicted octanol–water partition coefficient (Wildman–Crippen LogP) is 1.06. The molecule has 0 radical (unpaired) electrons.